The van der Waals surface area contributed by atoms with Crippen LogP contribution in [0.3, 0.4) is 0 Å². The van der Waals surface area contributed by atoms with E-state index in [1.54, 1.807) is 0 Å². The van der Waals surface area contributed by atoms with Crippen LogP contribution in [0.1, 0.15) is 18.4 Å². The Morgan fingerprint density at radius 3 is 2.16 bits per heavy atom. The van der Waals surface area contributed by atoms with Gasteiger partial charge < -0.3 is 35.5 Å². The van der Waals surface area contributed by atoms with Crippen molar-refractivity contribution in [3.8, 4) is 0 Å². The van der Waals surface area contributed by atoms with Crippen molar-refractivity contribution >= 4 is 39.3 Å². The van der Waals surface area contributed by atoms with Gasteiger partial charge in [0.2, 0.25) is 0 Å². The Morgan fingerprint density at radius 1 is 1.11 bits per heavy atom. The molecule has 2 aliphatic rings. The van der Waals surface area contributed by atoms with E-state index in [9.17, 15) is 32.3 Å². The van der Waals surface area contributed by atoms with Crippen LogP contribution in [0.5, 0.6) is 0 Å². The summed E-state index contributed by atoms with van der Waals surface area (Å²) >= 11 is 5.97. The van der Waals surface area contributed by atoms with Gasteiger partial charge in [-0.25, -0.2) is 17.6 Å². The quantitative estimate of drug-likeness (QED) is 0.324. The third-order valence-corrected chi connectivity index (χ3v) is 8.22. The summed E-state index contributed by atoms with van der Waals surface area (Å²) in [6, 6.07) is 3.23. The second kappa shape index (κ2) is 11.8. The van der Waals surface area contributed by atoms with E-state index in [2.05, 4.69) is 0 Å². The Labute approximate surface area is 216 Å². The van der Waals surface area contributed by atoms with Crippen molar-refractivity contribution in [3.05, 3.63) is 46.3 Å². The van der Waals surface area contributed by atoms with Gasteiger partial charge in [0.05, 0.1) is 29.7 Å². The lowest BCUT2D eigenvalue weighted by Crippen LogP contribution is -2.41. The normalized spacial score (nSPS) is 22.9. The summed E-state index contributed by atoms with van der Waals surface area (Å²) in [5, 5.41) is 8.29. The van der Waals surface area contributed by atoms with Crippen molar-refractivity contribution in [2.75, 3.05) is 26.3 Å². The number of ether oxygens (including phenoxy) is 4. The lowest BCUT2D eigenvalue weighted by atomic mass is 9.94. The smallest absolute Gasteiger partial charge is 0.332 e. The van der Waals surface area contributed by atoms with Gasteiger partial charge in [-0.15, -0.1) is 0 Å². The first-order chi connectivity index (χ1) is 17.4. The molecule has 1 heterocycles. The zero-order chi connectivity index (χ0) is 27.4. The van der Waals surface area contributed by atoms with Crippen molar-refractivity contribution in [3.63, 3.8) is 0 Å². The summed E-state index contributed by atoms with van der Waals surface area (Å²) < 4.78 is 61.5. The molecule has 1 fully saturated rings. The number of rotatable bonds is 10. The lowest BCUT2D eigenvalue weighted by Gasteiger charge is -2.33. The highest BCUT2D eigenvalue weighted by Crippen LogP contribution is 2.42. The minimum Gasteiger partial charge on any atom is -0.478 e. The molecular formula is C22H26ClFN2O10S. The van der Waals surface area contributed by atoms with Crippen LogP contribution >= 0.6 is 11.6 Å². The van der Waals surface area contributed by atoms with E-state index in [-0.39, 0.29) is 36.6 Å². The molecule has 1 aromatic carbocycles. The van der Waals surface area contributed by atoms with Gasteiger partial charge in [-0.2, -0.15) is 0 Å². The number of sulfone groups is 1. The molecule has 1 spiro atoms. The van der Waals surface area contributed by atoms with Crippen LogP contribution < -0.4 is 11.5 Å². The largest absolute Gasteiger partial charge is 0.478 e. The highest BCUT2D eigenvalue weighted by atomic mass is 35.5. The predicted molar refractivity (Wildman–Crippen MR) is 125 cm³/mol. The number of esters is 2. The summed E-state index contributed by atoms with van der Waals surface area (Å²) in [6.07, 6.45) is -1.22. The molecule has 1 unspecified atom stereocenters. The van der Waals surface area contributed by atoms with E-state index in [0.29, 0.717) is 0 Å². The number of carbonyl (C=O) groups is 3. The Balaban J connectivity index is 1.87. The fourth-order valence-corrected chi connectivity index (χ4v) is 6.28. The van der Waals surface area contributed by atoms with Gasteiger partial charge in [-0.05, 0) is 30.2 Å². The molecule has 3 rings (SSSR count). The van der Waals surface area contributed by atoms with Gasteiger partial charge in [0, 0.05) is 11.4 Å². The van der Waals surface area contributed by atoms with Crippen molar-refractivity contribution < 1.29 is 51.2 Å². The average molecular weight is 565 g/mol. The molecule has 37 heavy (non-hydrogen) atoms. The Bertz CT molecular complexity index is 1160. The second-order valence-electron chi connectivity index (χ2n) is 8.37. The van der Waals surface area contributed by atoms with Crippen LogP contribution in [-0.4, -0.2) is 81.0 Å². The first-order valence-electron chi connectivity index (χ1n) is 11.1. The maximum Gasteiger partial charge on any atom is 0.332 e. The summed E-state index contributed by atoms with van der Waals surface area (Å²) in [6.45, 7) is -1.48. The van der Waals surface area contributed by atoms with Gasteiger partial charge in [0.25, 0.3) is 0 Å². The first-order valence-corrected chi connectivity index (χ1v) is 13.2. The fraction of sp³-hybridized carbons (Fsp3) is 0.500. The van der Waals surface area contributed by atoms with Crippen LogP contribution in [0.25, 0.3) is 0 Å². The molecule has 0 saturated carbocycles. The number of hydrogen-bond donors (Lipinski definition) is 3. The molecule has 1 saturated heterocycles. The summed E-state index contributed by atoms with van der Waals surface area (Å²) in [5.74, 6) is -5.95. The van der Waals surface area contributed by atoms with Crippen LogP contribution in [-0.2, 0) is 48.9 Å². The van der Waals surface area contributed by atoms with Crippen LogP contribution in [0.4, 0.5) is 4.39 Å². The predicted octanol–water partition coefficient (Wildman–Crippen LogP) is 0.0514. The molecule has 1 aromatic rings. The topological polar surface area (TPSA) is 195 Å². The second-order valence-corrected chi connectivity index (χ2v) is 11.0. The summed E-state index contributed by atoms with van der Waals surface area (Å²) in [5.41, 5.74) is 10.1. The van der Waals surface area contributed by atoms with E-state index in [1.165, 1.54) is 6.07 Å². The van der Waals surface area contributed by atoms with Crippen molar-refractivity contribution in [2.24, 2.45) is 11.5 Å². The Kier molecular flexibility index (Phi) is 9.26. The van der Waals surface area contributed by atoms with Gasteiger partial charge in [-0.1, -0.05) is 17.7 Å². The average Bonchev–Trinajstić information content (AvgIpc) is 3.18. The Morgan fingerprint density at radius 2 is 1.68 bits per heavy atom. The number of nitrogens with two attached hydrogens (primary N) is 2. The first kappa shape index (κ1) is 28.9. The SMILES string of the molecule is NCC(=O)OC[C@H]1OC2(C=C(C(=O)O)C(S(=O)(=O)Cc3ccc(F)cc3Cl)CC2)O[C@@H]1COC(=O)CN. The third-order valence-electron chi connectivity index (χ3n) is 5.80. The molecule has 15 heteroatoms. The molecule has 1 aliphatic carbocycles. The maximum absolute atomic E-state index is 13.4. The number of hydrogen-bond acceptors (Lipinski definition) is 11. The molecule has 5 N–H and O–H groups in total. The third kappa shape index (κ3) is 7.03. The number of carboxylic acid groups (broad SMARTS) is 1. The van der Waals surface area contributed by atoms with E-state index < -0.39 is 81.2 Å². The molecule has 0 aromatic heterocycles. The zero-order valence-electron chi connectivity index (χ0n) is 19.4. The van der Waals surface area contributed by atoms with E-state index >= 15 is 0 Å². The molecule has 0 amide bonds. The van der Waals surface area contributed by atoms with Crippen LogP contribution in [0.15, 0.2) is 29.8 Å². The minimum absolute atomic E-state index is 0.0898. The van der Waals surface area contributed by atoms with Crippen LogP contribution in [0, 0.1) is 5.82 Å². The zero-order valence-corrected chi connectivity index (χ0v) is 21.0. The molecule has 204 valence electrons. The molecule has 0 bridgehead atoms. The van der Waals surface area contributed by atoms with E-state index in [1.807, 2.05) is 0 Å². The molecule has 0 radical (unpaired) electrons. The molecule has 3 atom stereocenters. The number of benzene rings is 1. The Hall–Kier alpha value is -2.62. The fourth-order valence-electron chi connectivity index (χ4n) is 4.05. The van der Waals surface area contributed by atoms with E-state index in [4.69, 9.17) is 42.0 Å². The van der Waals surface area contributed by atoms with Gasteiger partial charge >= 0.3 is 17.9 Å². The van der Waals surface area contributed by atoms with E-state index in [0.717, 1.165) is 18.2 Å². The molecular weight excluding hydrogens is 539 g/mol. The van der Waals surface area contributed by atoms with Crippen molar-refractivity contribution in [1.82, 2.24) is 0 Å². The number of halogens is 2. The lowest BCUT2D eigenvalue weighted by molar-refractivity contribution is -0.162. The number of carbonyl (C=O) groups excluding carboxylic acids is 2. The van der Waals surface area contributed by atoms with Gasteiger partial charge in [0.15, 0.2) is 15.6 Å². The maximum atomic E-state index is 13.4. The van der Waals surface area contributed by atoms with Gasteiger partial charge in [-0.3, -0.25) is 9.59 Å². The number of aliphatic carboxylic acids is 1. The van der Waals surface area contributed by atoms with Gasteiger partial charge in [0.1, 0.15) is 31.2 Å². The van der Waals surface area contributed by atoms with Crippen LogP contribution in [0.2, 0.25) is 5.02 Å². The standard InChI is InChI=1S/C22H26ClFN2O10S/c23-15-5-13(24)2-1-12(15)11-37(31,32)18-3-4-22(6-14(18)21(29)30)35-16(9-33-19(27)7-25)17(36-22)10-34-20(28)8-26/h1-2,5-6,16-18H,3-4,7-11,25-26H2,(H,29,30)/t16-,17-,18?/m1/s1. The highest BCUT2D eigenvalue weighted by molar-refractivity contribution is 7.91. The highest BCUT2D eigenvalue weighted by Gasteiger charge is 2.52. The molecule has 1 aliphatic heterocycles. The monoisotopic (exact) mass is 564 g/mol. The summed E-state index contributed by atoms with van der Waals surface area (Å²) in [7, 11) is -4.12. The molecule has 12 nitrogen and oxygen atoms in total. The number of carboxylic acids is 1. The van der Waals surface area contributed by atoms with Crippen molar-refractivity contribution in [1.29, 1.82) is 0 Å². The minimum atomic E-state index is -4.12. The summed E-state index contributed by atoms with van der Waals surface area (Å²) in [4.78, 5) is 35.1. The van der Waals surface area contributed by atoms with Crippen molar-refractivity contribution in [2.45, 2.75) is 41.8 Å².